The van der Waals surface area contributed by atoms with Crippen molar-refractivity contribution in [2.45, 2.75) is 23.3 Å². The third-order valence-corrected chi connectivity index (χ3v) is 4.02. The molecule has 0 bridgehead atoms. The molecule has 0 saturated carbocycles. The van der Waals surface area contributed by atoms with E-state index in [0.29, 0.717) is 17.9 Å². The van der Waals surface area contributed by atoms with Crippen LogP contribution in [0.3, 0.4) is 0 Å². The standard InChI is InChI=1S/C16H17F2NOS/c1-3-19-10-11-8-14(17)16(15(18)9-11)21-13-6-4-12(20-2)5-7-13/h4-9,19H,3,10H2,1-2H3. The van der Waals surface area contributed by atoms with E-state index in [1.165, 1.54) is 12.1 Å². The van der Waals surface area contributed by atoms with Gasteiger partial charge in [0, 0.05) is 11.4 Å². The summed E-state index contributed by atoms with van der Waals surface area (Å²) in [6.07, 6.45) is 0. The maximum atomic E-state index is 14.1. The van der Waals surface area contributed by atoms with Gasteiger partial charge in [0.15, 0.2) is 0 Å². The third kappa shape index (κ3) is 4.19. The van der Waals surface area contributed by atoms with Crippen molar-refractivity contribution >= 4 is 11.8 Å². The first kappa shape index (κ1) is 15.8. The Kier molecular flexibility index (Phi) is 5.59. The highest BCUT2D eigenvalue weighted by molar-refractivity contribution is 7.99. The monoisotopic (exact) mass is 309 g/mol. The summed E-state index contributed by atoms with van der Waals surface area (Å²) in [7, 11) is 1.57. The lowest BCUT2D eigenvalue weighted by molar-refractivity contribution is 0.414. The van der Waals surface area contributed by atoms with Gasteiger partial charge in [0.2, 0.25) is 0 Å². The molecule has 0 fully saturated rings. The second-order valence-electron chi connectivity index (χ2n) is 4.45. The van der Waals surface area contributed by atoms with Gasteiger partial charge < -0.3 is 10.1 Å². The molecular weight excluding hydrogens is 292 g/mol. The summed E-state index contributed by atoms with van der Waals surface area (Å²) in [5, 5.41) is 3.05. The zero-order chi connectivity index (χ0) is 15.2. The van der Waals surface area contributed by atoms with Crippen LogP contribution in [0.2, 0.25) is 0 Å². The van der Waals surface area contributed by atoms with Crippen LogP contribution < -0.4 is 10.1 Å². The lowest BCUT2D eigenvalue weighted by atomic mass is 10.2. The first-order chi connectivity index (χ1) is 10.1. The second kappa shape index (κ2) is 7.43. The normalized spacial score (nSPS) is 10.7. The van der Waals surface area contributed by atoms with Crippen LogP contribution in [-0.4, -0.2) is 13.7 Å². The minimum atomic E-state index is -0.538. The Labute approximate surface area is 127 Å². The molecule has 0 amide bonds. The van der Waals surface area contributed by atoms with Gasteiger partial charge in [-0.25, -0.2) is 8.78 Å². The highest BCUT2D eigenvalue weighted by Gasteiger charge is 2.13. The van der Waals surface area contributed by atoms with Gasteiger partial charge in [-0.2, -0.15) is 0 Å². The molecule has 0 aliphatic rings. The highest BCUT2D eigenvalue weighted by Crippen LogP contribution is 2.33. The topological polar surface area (TPSA) is 21.3 Å². The van der Waals surface area contributed by atoms with E-state index in [1.807, 2.05) is 6.92 Å². The summed E-state index contributed by atoms with van der Waals surface area (Å²) in [5.74, 6) is -0.367. The average Bonchev–Trinajstić information content (AvgIpc) is 2.49. The number of halogens is 2. The number of hydrogen-bond acceptors (Lipinski definition) is 3. The lowest BCUT2D eigenvalue weighted by Crippen LogP contribution is -2.12. The van der Waals surface area contributed by atoms with Gasteiger partial charge in [0.1, 0.15) is 17.4 Å². The van der Waals surface area contributed by atoms with Crippen LogP contribution >= 0.6 is 11.8 Å². The smallest absolute Gasteiger partial charge is 0.140 e. The molecule has 1 N–H and O–H groups in total. The summed E-state index contributed by atoms with van der Waals surface area (Å²) in [4.78, 5) is 0.772. The van der Waals surface area contributed by atoms with Crippen LogP contribution in [0.4, 0.5) is 8.78 Å². The Morgan fingerprint density at radius 1 is 1.10 bits per heavy atom. The van der Waals surface area contributed by atoms with Crippen molar-refractivity contribution in [3.8, 4) is 5.75 Å². The van der Waals surface area contributed by atoms with Crippen LogP contribution in [0.1, 0.15) is 12.5 Å². The van der Waals surface area contributed by atoms with Gasteiger partial charge in [-0.1, -0.05) is 18.7 Å². The Hall–Kier alpha value is -1.59. The van der Waals surface area contributed by atoms with Crippen molar-refractivity contribution in [2.24, 2.45) is 0 Å². The highest BCUT2D eigenvalue weighted by atomic mass is 32.2. The maximum Gasteiger partial charge on any atom is 0.140 e. The molecule has 2 rings (SSSR count). The van der Waals surface area contributed by atoms with Crippen LogP contribution in [0.25, 0.3) is 0 Å². The molecule has 0 aliphatic carbocycles. The first-order valence-electron chi connectivity index (χ1n) is 6.64. The van der Waals surface area contributed by atoms with Crippen molar-refractivity contribution in [1.29, 1.82) is 0 Å². The van der Waals surface area contributed by atoms with Crippen LogP contribution in [-0.2, 0) is 6.54 Å². The van der Waals surface area contributed by atoms with Crippen molar-refractivity contribution in [2.75, 3.05) is 13.7 Å². The first-order valence-corrected chi connectivity index (χ1v) is 7.46. The largest absolute Gasteiger partial charge is 0.497 e. The molecular formula is C16H17F2NOS. The van der Waals surface area contributed by atoms with E-state index >= 15 is 0 Å². The Morgan fingerprint density at radius 2 is 1.71 bits per heavy atom. The summed E-state index contributed by atoms with van der Waals surface area (Å²) >= 11 is 1.07. The summed E-state index contributed by atoms with van der Waals surface area (Å²) in [6, 6.07) is 9.81. The number of ether oxygens (including phenoxy) is 1. The molecule has 0 aromatic heterocycles. The predicted molar refractivity (Wildman–Crippen MR) is 80.9 cm³/mol. The fraction of sp³-hybridized carbons (Fsp3) is 0.250. The Morgan fingerprint density at radius 3 is 2.24 bits per heavy atom. The molecule has 0 heterocycles. The van der Waals surface area contributed by atoms with Crippen molar-refractivity contribution in [3.05, 3.63) is 53.6 Å². The van der Waals surface area contributed by atoms with E-state index in [2.05, 4.69) is 5.32 Å². The molecule has 2 nitrogen and oxygen atoms in total. The molecule has 2 aromatic rings. The predicted octanol–water partition coefficient (Wildman–Crippen LogP) is 4.23. The Balaban J connectivity index is 2.19. The molecule has 112 valence electrons. The van der Waals surface area contributed by atoms with E-state index < -0.39 is 11.6 Å². The fourth-order valence-electron chi connectivity index (χ4n) is 1.84. The summed E-state index contributed by atoms with van der Waals surface area (Å²) < 4.78 is 33.2. The lowest BCUT2D eigenvalue weighted by Gasteiger charge is -2.09. The van der Waals surface area contributed by atoms with Crippen molar-refractivity contribution in [3.63, 3.8) is 0 Å². The van der Waals surface area contributed by atoms with Gasteiger partial charge in [-0.05, 0) is 48.5 Å². The van der Waals surface area contributed by atoms with E-state index in [9.17, 15) is 8.78 Å². The number of hydrogen-bond donors (Lipinski definition) is 1. The van der Waals surface area contributed by atoms with Crippen LogP contribution in [0, 0.1) is 11.6 Å². The fourth-order valence-corrected chi connectivity index (χ4v) is 2.66. The number of methoxy groups -OCH3 is 1. The SMILES string of the molecule is CCNCc1cc(F)c(Sc2ccc(OC)cc2)c(F)c1. The Bertz CT molecular complexity index is 579. The molecule has 0 aliphatic heterocycles. The van der Waals surface area contributed by atoms with E-state index in [1.54, 1.807) is 31.4 Å². The molecule has 5 heteroatoms. The van der Waals surface area contributed by atoms with Crippen LogP contribution in [0.15, 0.2) is 46.2 Å². The van der Waals surface area contributed by atoms with Crippen molar-refractivity contribution < 1.29 is 13.5 Å². The molecule has 0 radical (unpaired) electrons. The number of benzene rings is 2. The number of rotatable bonds is 6. The van der Waals surface area contributed by atoms with Gasteiger partial charge in [0.05, 0.1) is 12.0 Å². The third-order valence-electron chi connectivity index (χ3n) is 2.92. The minimum Gasteiger partial charge on any atom is -0.497 e. The van der Waals surface area contributed by atoms with E-state index in [0.717, 1.165) is 23.2 Å². The molecule has 21 heavy (non-hydrogen) atoms. The van der Waals surface area contributed by atoms with Gasteiger partial charge in [0.25, 0.3) is 0 Å². The van der Waals surface area contributed by atoms with E-state index in [4.69, 9.17) is 4.74 Å². The van der Waals surface area contributed by atoms with E-state index in [-0.39, 0.29) is 4.90 Å². The molecule has 2 aromatic carbocycles. The zero-order valence-electron chi connectivity index (χ0n) is 12.0. The van der Waals surface area contributed by atoms with Gasteiger partial charge >= 0.3 is 0 Å². The molecule has 0 saturated heterocycles. The summed E-state index contributed by atoms with van der Waals surface area (Å²) in [5.41, 5.74) is 0.603. The van der Waals surface area contributed by atoms with Crippen molar-refractivity contribution in [1.82, 2.24) is 5.32 Å². The summed E-state index contributed by atoms with van der Waals surface area (Å²) in [6.45, 7) is 3.16. The van der Waals surface area contributed by atoms with Crippen LogP contribution in [0.5, 0.6) is 5.75 Å². The second-order valence-corrected chi connectivity index (χ2v) is 5.53. The molecule has 0 spiro atoms. The number of nitrogens with one attached hydrogen (secondary N) is 1. The average molecular weight is 309 g/mol. The maximum absolute atomic E-state index is 14.1. The quantitative estimate of drug-likeness (QED) is 0.862. The molecule has 0 unspecified atom stereocenters. The van der Waals surface area contributed by atoms with Gasteiger partial charge in [-0.3, -0.25) is 0 Å². The zero-order valence-corrected chi connectivity index (χ0v) is 12.8. The van der Waals surface area contributed by atoms with Gasteiger partial charge in [-0.15, -0.1) is 0 Å². The molecule has 0 atom stereocenters. The minimum absolute atomic E-state index is 0.0143.